The maximum absolute atomic E-state index is 11.4. The SMILES string of the molecule is CC(C)(C)OC(=O)NCc1cc(C(=O)O)sc1Cl. The number of carbonyl (C=O) groups is 2. The van der Waals surface area contributed by atoms with Crippen molar-refractivity contribution < 1.29 is 19.4 Å². The van der Waals surface area contributed by atoms with E-state index in [2.05, 4.69) is 5.32 Å². The summed E-state index contributed by atoms with van der Waals surface area (Å²) in [5.74, 6) is -1.04. The molecule has 0 aliphatic rings. The summed E-state index contributed by atoms with van der Waals surface area (Å²) in [4.78, 5) is 22.3. The molecule has 5 nitrogen and oxygen atoms in total. The molecule has 0 saturated carbocycles. The maximum Gasteiger partial charge on any atom is 0.407 e. The fourth-order valence-electron chi connectivity index (χ4n) is 1.11. The van der Waals surface area contributed by atoms with Crippen LogP contribution in [0, 0.1) is 0 Å². The molecule has 0 fully saturated rings. The quantitative estimate of drug-likeness (QED) is 0.897. The van der Waals surface area contributed by atoms with Crippen molar-refractivity contribution in [3.8, 4) is 0 Å². The monoisotopic (exact) mass is 291 g/mol. The van der Waals surface area contributed by atoms with Crippen LogP contribution in [0.25, 0.3) is 0 Å². The highest BCUT2D eigenvalue weighted by Gasteiger charge is 2.17. The number of hydrogen-bond acceptors (Lipinski definition) is 4. The van der Waals surface area contributed by atoms with E-state index >= 15 is 0 Å². The number of halogens is 1. The number of thiophene rings is 1. The van der Waals surface area contributed by atoms with Gasteiger partial charge in [0, 0.05) is 12.1 Å². The van der Waals surface area contributed by atoms with Crippen molar-refractivity contribution in [3.63, 3.8) is 0 Å². The predicted octanol–water partition coefficient (Wildman–Crippen LogP) is 3.12. The van der Waals surface area contributed by atoms with Gasteiger partial charge < -0.3 is 15.2 Å². The highest BCUT2D eigenvalue weighted by atomic mass is 35.5. The lowest BCUT2D eigenvalue weighted by Gasteiger charge is -2.19. The Morgan fingerprint density at radius 1 is 1.50 bits per heavy atom. The van der Waals surface area contributed by atoms with E-state index in [1.165, 1.54) is 6.07 Å². The number of aromatic carboxylic acids is 1. The van der Waals surface area contributed by atoms with Gasteiger partial charge in [0.15, 0.2) is 0 Å². The summed E-state index contributed by atoms with van der Waals surface area (Å²) < 4.78 is 5.40. The van der Waals surface area contributed by atoms with Crippen molar-refractivity contribution in [2.75, 3.05) is 0 Å². The molecule has 18 heavy (non-hydrogen) atoms. The highest BCUT2D eigenvalue weighted by Crippen LogP contribution is 2.27. The normalized spacial score (nSPS) is 11.1. The lowest BCUT2D eigenvalue weighted by molar-refractivity contribution is 0.0523. The third-order valence-corrected chi connectivity index (χ3v) is 3.22. The van der Waals surface area contributed by atoms with Gasteiger partial charge >= 0.3 is 12.1 Å². The fourth-order valence-corrected chi connectivity index (χ4v) is 2.23. The number of hydrogen-bond donors (Lipinski definition) is 2. The van der Waals surface area contributed by atoms with E-state index in [0.717, 1.165) is 11.3 Å². The van der Waals surface area contributed by atoms with Gasteiger partial charge in [-0.25, -0.2) is 9.59 Å². The topological polar surface area (TPSA) is 75.6 Å². The summed E-state index contributed by atoms with van der Waals surface area (Å²) in [6.45, 7) is 5.41. The zero-order valence-corrected chi connectivity index (χ0v) is 11.8. The van der Waals surface area contributed by atoms with Crippen LogP contribution in [0.5, 0.6) is 0 Å². The van der Waals surface area contributed by atoms with Crippen LogP contribution in [0.1, 0.15) is 36.0 Å². The van der Waals surface area contributed by atoms with Gasteiger partial charge in [-0.2, -0.15) is 0 Å². The summed E-state index contributed by atoms with van der Waals surface area (Å²) in [5.41, 5.74) is -0.0145. The van der Waals surface area contributed by atoms with Gasteiger partial charge in [0.05, 0.1) is 4.34 Å². The van der Waals surface area contributed by atoms with Gasteiger partial charge in [-0.05, 0) is 26.8 Å². The van der Waals surface area contributed by atoms with Gasteiger partial charge in [0.1, 0.15) is 10.5 Å². The Hall–Kier alpha value is -1.27. The van der Waals surface area contributed by atoms with Crippen LogP contribution in [0.4, 0.5) is 4.79 Å². The zero-order chi connectivity index (χ0) is 13.9. The third kappa shape index (κ3) is 4.54. The van der Waals surface area contributed by atoms with Gasteiger partial charge in [-0.1, -0.05) is 11.6 Å². The Balaban J connectivity index is 2.59. The van der Waals surface area contributed by atoms with Crippen LogP contribution in [-0.4, -0.2) is 22.8 Å². The molecular formula is C11H14ClNO4S. The van der Waals surface area contributed by atoms with Crippen LogP contribution >= 0.6 is 22.9 Å². The second-order valence-electron chi connectivity index (χ2n) is 4.57. The molecule has 1 heterocycles. The Morgan fingerprint density at radius 2 is 2.11 bits per heavy atom. The van der Waals surface area contributed by atoms with Crippen LogP contribution in [-0.2, 0) is 11.3 Å². The highest BCUT2D eigenvalue weighted by molar-refractivity contribution is 7.18. The largest absolute Gasteiger partial charge is 0.477 e. The summed E-state index contributed by atoms with van der Waals surface area (Å²) in [7, 11) is 0. The molecule has 1 rings (SSSR count). The molecule has 0 bridgehead atoms. The van der Waals surface area contributed by atoms with E-state index in [1.54, 1.807) is 20.8 Å². The van der Waals surface area contributed by atoms with Crippen molar-refractivity contribution in [1.29, 1.82) is 0 Å². The summed E-state index contributed by atoms with van der Waals surface area (Å²) in [6.07, 6.45) is -0.568. The number of nitrogens with one attached hydrogen (secondary N) is 1. The second kappa shape index (κ2) is 5.58. The van der Waals surface area contributed by atoms with Crippen molar-refractivity contribution in [2.45, 2.75) is 32.9 Å². The molecule has 0 spiro atoms. The molecule has 0 saturated heterocycles. The molecule has 0 aliphatic carbocycles. The minimum Gasteiger partial charge on any atom is -0.477 e. The average molecular weight is 292 g/mol. The number of carbonyl (C=O) groups excluding carboxylic acids is 1. The lowest BCUT2D eigenvalue weighted by Crippen LogP contribution is -2.32. The summed E-state index contributed by atoms with van der Waals surface area (Å²) in [5, 5.41) is 11.3. The molecule has 0 unspecified atom stereocenters. The Bertz CT molecular complexity index is 464. The van der Waals surface area contributed by atoms with Gasteiger partial charge in [-0.15, -0.1) is 11.3 Å². The van der Waals surface area contributed by atoms with Crippen molar-refractivity contribution >= 4 is 35.0 Å². The number of ether oxygens (including phenoxy) is 1. The molecule has 1 amide bonds. The van der Waals surface area contributed by atoms with Crippen molar-refractivity contribution in [2.24, 2.45) is 0 Å². The third-order valence-electron chi connectivity index (χ3n) is 1.79. The summed E-state index contributed by atoms with van der Waals surface area (Å²) in [6, 6.07) is 1.44. The summed E-state index contributed by atoms with van der Waals surface area (Å²) >= 11 is 6.83. The molecule has 2 N–H and O–H groups in total. The first-order valence-corrected chi connectivity index (χ1v) is 6.37. The molecule has 0 aliphatic heterocycles. The zero-order valence-electron chi connectivity index (χ0n) is 10.2. The predicted molar refractivity (Wildman–Crippen MR) is 69.4 cm³/mol. The van der Waals surface area contributed by atoms with Gasteiger partial charge in [-0.3, -0.25) is 0 Å². The number of alkyl carbamates (subject to hydrolysis) is 1. The lowest BCUT2D eigenvalue weighted by atomic mass is 10.2. The van der Waals surface area contributed by atoms with E-state index in [9.17, 15) is 9.59 Å². The van der Waals surface area contributed by atoms with Crippen LogP contribution in [0.3, 0.4) is 0 Å². The van der Waals surface area contributed by atoms with Gasteiger partial charge in [0.25, 0.3) is 0 Å². The molecule has 0 radical (unpaired) electrons. The standard InChI is InChI=1S/C11H14ClNO4S/c1-11(2,3)17-10(16)13-5-6-4-7(9(14)15)18-8(6)12/h4H,5H2,1-3H3,(H,13,16)(H,14,15). The Morgan fingerprint density at radius 3 is 2.56 bits per heavy atom. The minimum absolute atomic E-state index is 0.136. The first-order chi connectivity index (χ1) is 8.19. The molecule has 7 heteroatoms. The number of carboxylic acid groups (broad SMARTS) is 1. The van der Waals surface area contributed by atoms with E-state index in [0.29, 0.717) is 9.90 Å². The average Bonchev–Trinajstić information content (AvgIpc) is 2.54. The molecule has 100 valence electrons. The first-order valence-electron chi connectivity index (χ1n) is 5.17. The van der Waals surface area contributed by atoms with E-state index in [1.807, 2.05) is 0 Å². The smallest absolute Gasteiger partial charge is 0.407 e. The van der Waals surface area contributed by atoms with Crippen LogP contribution in [0.2, 0.25) is 4.34 Å². The Labute approximate surface area is 114 Å². The van der Waals surface area contributed by atoms with Crippen LogP contribution in [0.15, 0.2) is 6.07 Å². The molecule has 1 aromatic heterocycles. The molecule has 0 atom stereocenters. The molecular weight excluding hydrogens is 278 g/mol. The van der Waals surface area contributed by atoms with Crippen molar-refractivity contribution in [1.82, 2.24) is 5.32 Å². The maximum atomic E-state index is 11.4. The second-order valence-corrected chi connectivity index (χ2v) is 6.22. The van der Waals surface area contributed by atoms with Crippen molar-refractivity contribution in [3.05, 3.63) is 20.8 Å². The van der Waals surface area contributed by atoms with Crippen LogP contribution < -0.4 is 5.32 Å². The minimum atomic E-state index is -1.04. The van der Waals surface area contributed by atoms with E-state index in [4.69, 9.17) is 21.4 Å². The number of carboxylic acids is 1. The molecule has 0 aromatic carbocycles. The Kier molecular flexibility index (Phi) is 4.59. The first kappa shape index (κ1) is 14.8. The number of rotatable bonds is 3. The number of amides is 1. The fraction of sp³-hybridized carbons (Fsp3) is 0.455. The van der Waals surface area contributed by atoms with Gasteiger partial charge in [0.2, 0.25) is 0 Å². The van der Waals surface area contributed by atoms with E-state index < -0.39 is 17.7 Å². The molecule has 1 aromatic rings. The van der Waals surface area contributed by atoms with E-state index in [-0.39, 0.29) is 11.4 Å².